The quantitative estimate of drug-likeness (QED) is 0.822. The summed E-state index contributed by atoms with van der Waals surface area (Å²) in [7, 11) is 0. The first kappa shape index (κ1) is 12.7. The molecule has 0 unspecified atom stereocenters. The Balaban J connectivity index is 2.44. The zero-order chi connectivity index (χ0) is 11.5. The third-order valence-corrected chi connectivity index (χ3v) is 3.83. The molecule has 0 aromatic carbocycles. The second-order valence-electron chi connectivity index (χ2n) is 5.79. The van der Waals surface area contributed by atoms with Crippen LogP contribution in [0, 0.1) is 0 Å². The summed E-state index contributed by atoms with van der Waals surface area (Å²) in [5, 5.41) is 5.71. The smallest absolute Gasteiger partial charge is 0.0102 e. The van der Waals surface area contributed by atoms with Crippen molar-refractivity contribution in [3.8, 4) is 0 Å². The minimum Gasteiger partial charge on any atom is -0.312 e. The fourth-order valence-corrected chi connectivity index (χ4v) is 2.42. The maximum absolute atomic E-state index is 3.54. The van der Waals surface area contributed by atoms with Crippen LogP contribution < -0.4 is 5.32 Å². The molecule has 0 atom stereocenters. The molecule has 1 N–H and O–H groups in total. The van der Waals surface area contributed by atoms with Gasteiger partial charge in [-0.2, -0.15) is 0 Å². The van der Waals surface area contributed by atoms with Gasteiger partial charge in [0.1, 0.15) is 0 Å². The van der Waals surface area contributed by atoms with E-state index in [2.05, 4.69) is 57.4 Å². The van der Waals surface area contributed by atoms with E-state index in [9.17, 15) is 0 Å². The molecule has 0 amide bonds. The number of hydrogen-bond donors (Lipinski definition) is 1. The molecule has 1 nitrogen and oxygen atoms in total. The van der Waals surface area contributed by atoms with Gasteiger partial charge in [-0.3, -0.25) is 0 Å². The zero-order valence-electron chi connectivity index (χ0n) is 10.6. The summed E-state index contributed by atoms with van der Waals surface area (Å²) in [5.74, 6) is 0. The topological polar surface area (TPSA) is 12.0 Å². The summed E-state index contributed by atoms with van der Waals surface area (Å²) < 4.78 is 0. The third-order valence-electron chi connectivity index (χ3n) is 2.59. The van der Waals surface area contributed by atoms with Crippen molar-refractivity contribution in [1.82, 2.24) is 5.32 Å². The van der Waals surface area contributed by atoms with E-state index < -0.39 is 0 Å². The second kappa shape index (κ2) is 4.67. The van der Waals surface area contributed by atoms with E-state index in [-0.39, 0.29) is 5.54 Å². The lowest BCUT2D eigenvalue weighted by Gasteiger charge is -2.27. The molecule has 0 aliphatic carbocycles. The molecule has 15 heavy (non-hydrogen) atoms. The van der Waals surface area contributed by atoms with Gasteiger partial charge in [-0.1, -0.05) is 19.9 Å². The van der Waals surface area contributed by atoms with Gasteiger partial charge in [0.05, 0.1) is 0 Å². The van der Waals surface area contributed by atoms with Crippen LogP contribution in [0.15, 0.2) is 17.5 Å². The lowest BCUT2D eigenvalue weighted by Crippen LogP contribution is -2.38. The summed E-state index contributed by atoms with van der Waals surface area (Å²) in [6.07, 6.45) is 1.19. The van der Waals surface area contributed by atoms with Crippen molar-refractivity contribution in [2.45, 2.75) is 52.0 Å². The summed E-state index contributed by atoms with van der Waals surface area (Å²) in [5.41, 5.74) is 0.526. The predicted molar refractivity (Wildman–Crippen MR) is 69.7 cm³/mol. The SMILES string of the molecule is CC(C)(C)NCCC(C)(C)c1cccs1. The fraction of sp³-hybridized carbons (Fsp3) is 0.692. The van der Waals surface area contributed by atoms with E-state index in [4.69, 9.17) is 0 Å². The Morgan fingerprint density at radius 1 is 1.20 bits per heavy atom. The Morgan fingerprint density at radius 2 is 1.87 bits per heavy atom. The first-order valence-electron chi connectivity index (χ1n) is 5.60. The van der Waals surface area contributed by atoms with Gasteiger partial charge in [-0.25, -0.2) is 0 Å². The first-order chi connectivity index (χ1) is 6.81. The maximum atomic E-state index is 3.54. The maximum Gasteiger partial charge on any atom is 0.0102 e. The van der Waals surface area contributed by atoms with Crippen LogP contribution in [0.25, 0.3) is 0 Å². The predicted octanol–water partition coefficient (Wildman–Crippen LogP) is 3.80. The highest BCUT2D eigenvalue weighted by Gasteiger charge is 2.21. The Hall–Kier alpha value is -0.340. The molecule has 0 saturated heterocycles. The van der Waals surface area contributed by atoms with Gasteiger partial charge in [0, 0.05) is 15.8 Å². The van der Waals surface area contributed by atoms with E-state index in [1.165, 1.54) is 11.3 Å². The van der Waals surface area contributed by atoms with Crippen molar-refractivity contribution in [3.63, 3.8) is 0 Å². The van der Waals surface area contributed by atoms with Crippen molar-refractivity contribution < 1.29 is 0 Å². The molecule has 0 fully saturated rings. The minimum absolute atomic E-state index is 0.228. The minimum atomic E-state index is 0.228. The van der Waals surface area contributed by atoms with Crippen LogP contribution >= 0.6 is 11.3 Å². The Morgan fingerprint density at radius 3 is 2.33 bits per heavy atom. The molecule has 0 aliphatic rings. The summed E-state index contributed by atoms with van der Waals surface area (Å²) in [6.45, 7) is 12.4. The highest BCUT2D eigenvalue weighted by Crippen LogP contribution is 2.30. The normalized spacial score (nSPS) is 13.1. The van der Waals surface area contributed by atoms with Crippen molar-refractivity contribution in [1.29, 1.82) is 0 Å². The van der Waals surface area contributed by atoms with Gasteiger partial charge in [-0.15, -0.1) is 11.3 Å². The molecule has 0 saturated carbocycles. The molecule has 0 spiro atoms. The van der Waals surface area contributed by atoms with Gasteiger partial charge >= 0.3 is 0 Å². The molecular weight excluding hydrogens is 202 g/mol. The lowest BCUT2D eigenvalue weighted by molar-refractivity contribution is 0.382. The van der Waals surface area contributed by atoms with Crippen LogP contribution in [0.4, 0.5) is 0 Å². The van der Waals surface area contributed by atoms with Crippen LogP contribution in [-0.4, -0.2) is 12.1 Å². The molecule has 2 heteroatoms. The zero-order valence-corrected chi connectivity index (χ0v) is 11.4. The largest absolute Gasteiger partial charge is 0.312 e. The molecule has 1 aromatic rings. The van der Waals surface area contributed by atoms with Crippen molar-refractivity contribution in [2.75, 3.05) is 6.54 Å². The van der Waals surface area contributed by atoms with E-state index in [1.807, 2.05) is 11.3 Å². The first-order valence-corrected chi connectivity index (χ1v) is 6.48. The van der Waals surface area contributed by atoms with Crippen LogP contribution in [0.2, 0.25) is 0 Å². The van der Waals surface area contributed by atoms with Crippen LogP contribution in [-0.2, 0) is 5.41 Å². The summed E-state index contributed by atoms with van der Waals surface area (Å²) in [4.78, 5) is 1.48. The molecule has 1 heterocycles. The standard InChI is InChI=1S/C13H23NS/c1-12(2,3)14-9-8-13(4,5)11-7-6-10-15-11/h6-7,10,14H,8-9H2,1-5H3. The monoisotopic (exact) mass is 225 g/mol. The molecule has 1 aromatic heterocycles. The van der Waals surface area contributed by atoms with Crippen LogP contribution in [0.5, 0.6) is 0 Å². The summed E-state index contributed by atoms with van der Waals surface area (Å²) in [6, 6.07) is 4.38. The molecule has 0 aliphatic heterocycles. The van der Waals surface area contributed by atoms with Gasteiger partial charge in [0.25, 0.3) is 0 Å². The van der Waals surface area contributed by atoms with Gasteiger partial charge in [0.2, 0.25) is 0 Å². The van der Waals surface area contributed by atoms with Crippen molar-refractivity contribution in [2.24, 2.45) is 0 Å². The summed E-state index contributed by atoms with van der Waals surface area (Å²) >= 11 is 1.86. The van der Waals surface area contributed by atoms with Gasteiger partial charge < -0.3 is 5.32 Å². The second-order valence-corrected chi connectivity index (χ2v) is 6.74. The average Bonchev–Trinajstić information content (AvgIpc) is 2.52. The van der Waals surface area contributed by atoms with Crippen LogP contribution in [0.3, 0.4) is 0 Å². The number of hydrogen-bond acceptors (Lipinski definition) is 2. The Kier molecular flexibility index (Phi) is 3.96. The van der Waals surface area contributed by atoms with E-state index in [0.29, 0.717) is 5.41 Å². The molecular formula is C13H23NS. The van der Waals surface area contributed by atoms with Crippen molar-refractivity contribution in [3.05, 3.63) is 22.4 Å². The van der Waals surface area contributed by atoms with Crippen molar-refractivity contribution >= 4 is 11.3 Å². The average molecular weight is 225 g/mol. The van der Waals surface area contributed by atoms with Gasteiger partial charge in [0.15, 0.2) is 0 Å². The Labute approximate surface area is 97.9 Å². The highest BCUT2D eigenvalue weighted by atomic mass is 32.1. The van der Waals surface area contributed by atoms with E-state index >= 15 is 0 Å². The fourth-order valence-electron chi connectivity index (χ4n) is 1.54. The number of nitrogens with one attached hydrogen (secondary N) is 1. The number of rotatable bonds is 4. The highest BCUT2D eigenvalue weighted by molar-refractivity contribution is 7.10. The number of thiophene rings is 1. The molecule has 86 valence electrons. The van der Waals surface area contributed by atoms with E-state index in [1.54, 1.807) is 0 Å². The van der Waals surface area contributed by atoms with Crippen LogP contribution in [0.1, 0.15) is 45.9 Å². The third kappa shape index (κ3) is 4.35. The molecule has 1 rings (SSSR count). The van der Waals surface area contributed by atoms with E-state index in [0.717, 1.165) is 6.54 Å². The lowest BCUT2D eigenvalue weighted by atomic mass is 9.87. The molecule has 0 bridgehead atoms. The van der Waals surface area contributed by atoms with Gasteiger partial charge in [-0.05, 0) is 45.2 Å². The molecule has 0 radical (unpaired) electrons. The Bertz CT molecular complexity index is 280.